The Morgan fingerprint density at radius 2 is 1.58 bits per heavy atom. The highest BCUT2D eigenvalue weighted by Gasteiger charge is 2.42. The number of hydrogen-bond donors (Lipinski definition) is 0. The largest absolute Gasteiger partial charge is 0.253 e. The Morgan fingerprint density at radius 3 is 2.00 bits per heavy atom. The quantitative estimate of drug-likeness (QED) is 0.599. The van der Waals surface area contributed by atoms with E-state index >= 15 is 0 Å². The molecule has 0 aromatic heterocycles. The zero-order chi connectivity index (χ0) is 9.19. The molecule has 0 atom stereocenters. The summed E-state index contributed by atoms with van der Waals surface area (Å²) < 4.78 is 26.9. The molecule has 72 valence electrons. The van der Waals surface area contributed by atoms with E-state index in [-0.39, 0.29) is 5.92 Å². The molecule has 1 fully saturated rings. The molecule has 0 saturated heterocycles. The maximum Gasteiger partial charge on any atom is 0.253 e. The van der Waals surface area contributed by atoms with Crippen LogP contribution < -0.4 is 0 Å². The fourth-order valence-electron chi connectivity index (χ4n) is 1.96. The Kier molecular flexibility index (Phi) is 3.08. The van der Waals surface area contributed by atoms with Gasteiger partial charge in [0.05, 0.1) is 0 Å². The summed E-state index contributed by atoms with van der Waals surface area (Å²) >= 11 is 0. The van der Waals surface area contributed by atoms with Crippen LogP contribution in [-0.2, 0) is 0 Å². The summed E-state index contributed by atoms with van der Waals surface area (Å²) in [4.78, 5) is 0. The van der Waals surface area contributed by atoms with Crippen molar-refractivity contribution in [3.8, 4) is 0 Å². The highest BCUT2D eigenvalue weighted by atomic mass is 19.3. The summed E-state index contributed by atoms with van der Waals surface area (Å²) in [5.41, 5.74) is 0. The van der Waals surface area contributed by atoms with Crippen LogP contribution in [0.2, 0.25) is 0 Å². The van der Waals surface area contributed by atoms with E-state index in [1.165, 1.54) is 0 Å². The van der Waals surface area contributed by atoms with Crippen LogP contribution in [0.15, 0.2) is 0 Å². The van der Waals surface area contributed by atoms with Gasteiger partial charge in [0, 0.05) is 11.8 Å². The lowest BCUT2D eigenvalue weighted by Gasteiger charge is -2.32. The summed E-state index contributed by atoms with van der Waals surface area (Å²) in [6.07, 6.45) is 4.58. The van der Waals surface area contributed by atoms with Crippen molar-refractivity contribution >= 4 is 0 Å². The van der Waals surface area contributed by atoms with Crippen LogP contribution in [0.3, 0.4) is 0 Å². The Balaban J connectivity index is 2.53. The van der Waals surface area contributed by atoms with Gasteiger partial charge >= 0.3 is 0 Å². The smallest absolute Gasteiger partial charge is 0.206 e. The lowest BCUT2D eigenvalue weighted by Crippen LogP contribution is -2.35. The first-order valence-corrected chi connectivity index (χ1v) is 4.93. The highest BCUT2D eigenvalue weighted by Crippen LogP contribution is 2.40. The van der Waals surface area contributed by atoms with Gasteiger partial charge in [0.25, 0.3) is 5.92 Å². The molecule has 1 aliphatic rings. The molecule has 0 nitrogen and oxygen atoms in total. The lowest BCUT2D eigenvalue weighted by molar-refractivity contribution is -0.108. The third-order valence-electron chi connectivity index (χ3n) is 2.92. The van der Waals surface area contributed by atoms with Gasteiger partial charge in [-0.15, -0.1) is 0 Å². The molecule has 0 aromatic carbocycles. The molecule has 0 bridgehead atoms. The van der Waals surface area contributed by atoms with Crippen molar-refractivity contribution in [2.24, 2.45) is 11.8 Å². The number of rotatable bonds is 2. The summed E-state index contributed by atoms with van der Waals surface area (Å²) in [7, 11) is 0. The van der Waals surface area contributed by atoms with Crippen LogP contribution in [0.5, 0.6) is 0 Å². The van der Waals surface area contributed by atoms with E-state index in [2.05, 4.69) is 0 Å². The van der Waals surface area contributed by atoms with Crippen LogP contribution in [0.4, 0.5) is 8.78 Å². The Hall–Kier alpha value is -0.140. The average Bonchev–Trinajstić information content (AvgIpc) is 2.06. The maximum atomic E-state index is 13.4. The fourth-order valence-corrected chi connectivity index (χ4v) is 1.96. The number of halogens is 2. The third-order valence-corrected chi connectivity index (χ3v) is 2.92. The zero-order valence-electron chi connectivity index (χ0n) is 7.95. The van der Waals surface area contributed by atoms with Crippen LogP contribution in [0, 0.1) is 11.8 Å². The topological polar surface area (TPSA) is 0 Å². The van der Waals surface area contributed by atoms with E-state index in [0.717, 1.165) is 32.1 Å². The number of alkyl halides is 2. The predicted octanol–water partition coefficient (Wildman–Crippen LogP) is 3.86. The van der Waals surface area contributed by atoms with Crippen LogP contribution in [-0.4, -0.2) is 5.92 Å². The van der Waals surface area contributed by atoms with Gasteiger partial charge < -0.3 is 0 Å². The van der Waals surface area contributed by atoms with Gasteiger partial charge in [0.1, 0.15) is 0 Å². The van der Waals surface area contributed by atoms with Crippen molar-refractivity contribution in [3.05, 3.63) is 0 Å². The molecule has 0 spiro atoms. The molecule has 0 amide bonds. The van der Waals surface area contributed by atoms with E-state index in [4.69, 9.17) is 0 Å². The molecule has 0 aromatic rings. The zero-order valence-corrected chi connectivity index (χ0v) is 7.95. The summed E-state index contributed by atoms with van der Waals surface area (Å²) in [6, 6.07) is 0. The second kappa shape index (κ2) is 3.71. The first kappa shape index (κ1) is 9.94. The van der Waals surface area contributed by atoms with E-state index in [9.17, 15) is 8.78 Å². The standard InChI is InChI=1S/C10H18F2/c1-8(2)10(11,12)9-6-4-3-5-7-9/h8-9H,3-7H2,1-2H3. The maximum absolute atomic E-state index is 13.4. The molecule has 1 rings (SSSR count). The van der Waals surface area contributed by atoms with Crippen molar-refractivity contribution in [3.63, 3.8) is 0 Å². The summed E-state index contributed by atoms with van der Waals surface area (Å²) in [5.74, 6) is -3.27. The van der Waals surface area contributed by atoms with Crippen LogP contribution in [0.1, 0.15) is 46.0 Å². The molecular formula is C10H18F2. The Labute approximate surface area is 73.3 Å². The molecular weight excluding hydrogens is 158 g/mol. The second-order valence-corrected chi connectivity index (χ2v) is 4.16. The number of hydrogen-bond acceptors (Lipinski definition) is 0. The van der Waals surface area contributed by atoms with Crippen LogP contribution >= 0.6 is 0 Å². The minimum absolute atomic E-state index is 0.341. The van der Waals surface area contributed by atoms with E-state index < -0.39 is 11.8 Å². The average molecular weight is 176 g/mol. The van der Waals surface area contributed by atoms with Gasteiger partial charge in [-0.1, -0.05) is 33.1 Å². The SMILES string of the molecule is CC(C)C(F)(F)C1CCCCC1. The molecule has 12 heavy (non-hydrogen) atoms. The molecule has 0 radical (unpaired) electrons. The van der Waals surface area contributed by atoms with Gasteiger partial charge in [0.2, 0.25) is 0 Å². The first-order chi connectivity index (χ1) is 5.55. The normalized spacial score (nSPS) is 21.8. The minimum Gasteiger partial charge on any atom is -0.206 e. The van der Waals surface area contributed by atoms with Gasteiger partial charge in [-0.25, -0.2) is 8.78 Å². The van der Waals surface area contributed by atoms with Gasteiger partial charge in [-0.2, -0.15) is 0 Å². The first-order valence-electron chi connectivity index (χ1n) is 4.93. The molecule has 0 aliphatic heterocycles. The Bertz CT molecular complexity index is 135. The van der Waals surface area contributed by atoms with E-state index in [1.807, 2.05) is 0 Å². The molecule has 1 aliphatic carbocycles. The van der Waals surface area contributed by atoms with Crippen molar-refractivity contribution in [1.82, 2.24) is 0 Å². The monoisotopic (exact) mass is 176 g/mol. The molecule has 2 heteroatoms. The third kappa shape index (κ3) is 1.96. The molecule has 0 unspecified atom stereocenters. The molecule has 1 saturated carbocycles. The predicted molar refractivity (Wildman–Crippen MR) is 46.4 cm³/mol. The van der Waals surface area contributed by atoms with Gasteiger partial charge in [-0.3, -0.25) is 0 Å². The van der Waals surface area contributed by atoms with E-state index in [1.54, 1.807) is 13.8 Å². The van der Waals surface area contributed by atoms with Crippen molar-refractivity contribution in [1.29, 1.82) is 0 Å². The van der Waals surface area contributed by atoms with E-state index in [0.29, 0.717) is 0 Å². The van der Waals surface area contributed by atoms with Crippen molar-refractivity contribution in [2.75, 3.05) is 0 Å². The van der Waals surface area contributed by atoms with Crippen molar-refractivity contribution < 1.29 is 8.78 Å². The van der Waals surface area contributed by atoms with Crippen LogP contribution in [0.25, 0.3) is 0 Å². The Morgan fingerprint density at radius 1 is 1.08 bits per heavy atom. The summed E-state index contributed by atoms with van der Waals surface area (Å²) in [5, 5.41) is 0. The summed E-state index contributed by atoms with van der Waals surface area (Å²) in [6.45, 7) is 3.24. The molecule has 0 heterocycles. The minimum atomic E-state index is -2.43. The van der Waals surface area contributed by atoms with Gasteiger partial charge in [0.15, 0.2) is 0 Å². The van der Waals surface area contributed by atoms with Crippen molar-refractivity contribution in [2.45, 2.75) is 51.9 Å². The lowest BCUT2D eigenvalue weighted by atomic mass is 9.80. The second-order valence-electron chi connectivity index (χ2n) is 4.16. The fraction of sp³-hybridized carbons (Fsp3) is 1.00. The molecule has 0 N–H and O–H groups in total. The van der Waals surface area contributed by atoms with Gasteiger partial charge in [-0.05, 0) is 12.8 Å². The highest BCUT2D eigenvalue weighted by molar-refractivity contribution is 4.82.